The number of Topliss-reactive ketones (excluding diaryl/α,β-unsaturated/α-hetero) is 1. The predicted molar refractivity (Wildman–Crippen MR) is 75.9 cm³/mol. The highest BCUT2D eigenvalue weighted by atomic mass is 32.1. The van der Waals surface area contributed by atoms with Gasteiger partial charge in [-0.25, -0.2) is 0 Å². The van der Waals surface area contributed by atoms with E-state index in [-0.39, 0.29) is 24.5 Å². The predicted octanol–water partition coefficient (Wildman–Crippen LogP) is 1.57. The minimum absolute atomic E-state index is 0.0103. The van der Waals surface area contributed by atoms with Gasteiger partial charge in [0.05, 0.1) is 30.7 Å². The molecule has 5 heteroatoms. The molecule has 2 rings (SSSR count). The zero-order valence-electron chi connectivity index (χ0n) is 11.5. The third-order valence-corrected chi connectivity index (χ3v) is 4.74. The molecule has 2 heterocycles. The number of ether oxygens (including phenoxy) is 1. The lowest BCUT2D eigenvalue weighted by Gasteiger charge is -2.36. The third kappa shape index (κ3) is 3.63. The molecule has 2 unspecified atom stereocenters. The topological polar surface area (TPSA) is 49.8 Å². The lowest BCUT2D eigenvalue weighted by Crippen LogP contribution is -2.51. The van der Waals surface area contributed by atoms with Crippen LogP contribution in [-0.4, -0.2) is 54.2 Å². The van der Waals surface area contributed by atoms with Gasteiger partial charge in [-0.05, 0) is 25.5 Å². The van der Waals surface area contributed by atoms with E-state index >= 15 is 0 Å². The molecule has 0 spiro atoms. The zero-order chi connectivity index (χ0) is 13.8. The maximum atomic E-state index is 12.2. The molecule has 1 aromatic heterocycles. The molecular formula is C14H21NO3S. The van der Waals surface area contributed by atoms with Crippen molar-refractivity contribution in [3.05, 3.63) is 21.9 Å². The van der Waals surface area contributed by atoms with Crippen molar-refractivity contribution in [3.63, 3.8) is 0 Å². The molecule has 0 aromatic carbocycles. The SMILES string of the molecule is CCc1ccc(C(=O)CN2CC(CO)OCC2C)s1. The van der Waals surface area contributed by atoms with Crippen LogP contribution < -0.4 is 0 Å². The number of carbonyl (C=O) groups is 1. The number of ketones is 1. The summed E-state index contributed by atoms with van der Waals surface area (Å²) in [6.45, 7) is 5.75. The molecule has 1 fully saturated rings. The number of aliphatic hydroxyl groups is 1. The van der Waals surface area contributed by atoms with Gasteiger partial charge in [-0.1, -0.05) is 6.92 Å². The summed E-state index contributed by atoms with van der Waals surface area (Å²) in [6.07, 6.45) is 0.803. The molecule has 0 bridgehead atoms. The van der Waals surface area contributed by atoms with Crippen LogP contribution in [0, 0.1) is 0 Å². The lowest BCUT2D eigenvalue weighted by molar-refractivity contribution is -0.0747. The van der Waals surface area contributed by atoms with Gasteiger partial charge in [-0.15, -0.1) is 11.3 Å². The van der Waals surface area contributed by atoms with Gasteiger partial charge in [-0.3, -0.25) is 9.69 Å². The molecule has 0 saturated carbocycles. The number of nitrogens with zero attached hydrogens (tertiary/aromatic N) is 1. The maximum absolute atomic E-state index is 12.2. The summed E-state index contributed by atoms with van der Waals surface area (Å²) in [5.74, 6) is 0.162. The second-order valence-corrected chi connectivity index (χ2v) is 6.13. The highest BCUT2D eigenvalue weighted by Crippen LogP contribution is 2.19. The van der Waals surface area contributed by atoms with Gasteiger partial charge in [-0.2, -0.15) is 0 Å². The number of hydrogen-bond acceptors (Lipinski definition) is 5. The molecule has 106 valence electrons. The number of aliphatic hydroxyl groups excluding tert-OH is 1. The largest absolute Gasteiger partial charge is 0.394 e. The van der Waals surface area contributed by atoms with Crippen LogP contribution in [-0.2, 0) is 11.2 Å². The van der Waals surface area contributed by atoms with Crippen LogP contribution in [0.3, 0.4) is 0 Å². The molecule has 4 nitrogen and oxygen atoms in total. The maximum Gasteiger partial charge on any atom is 0.186 e. The first kappa shape index (κ1) is 14.7. The first-order chi connectivity index (χ1) is 9.13. The van der Waals surface area contributed by atoms with E-state index < -0.39 is 0 Å². The Morgan fingerprint density at radius 1 is 1.58 bits per heavy atom. The summed E-state index contributed by atoms with van der Waals surface area (Å²) in [6, 6.07) is 4.16. The first-order valence-electron chi connectivity index (χ1n) is 6.72. The molecule has 19 heavy (non-hydrogen) atoms. The van der Waals surface area contributed by atoms with Crippen LogP contribution >= 0.6 is 11.3 Å². The van der Waals surface area contributed by atoms with E-state index in [1.54, 1.807) is 11.3 Å². The van der Waals surface area contributed by atoms with Crippen molar-refractivity contribution in [2.75, 3.05) is 26.3 Å². The number of thiophene rings is 1. The molecule has 1 aliphatic heterocycles. The molecular weight excluding hydrogens is 262 g/mol. The van der Waals surface area contributed by atoms with Crippen molar-refractivity contribution in [1.29, 1.82) is 0 Å². The Bertz CT molecular complexity index is 432. The average Bonchev–Trinajstić information content (AvgIpc) is 2.90. The fourth-order valence-corrected chi connectivity index (χ4v) is 3.06. The summed E-state index contributed by atoms with van der Waals surface area (Å²) in [5, 5.41) is 9.15. The van der Waals surface area contributed by atoms with Crippen molar-refractivity contribution in [3.8, 4) is 0 Å². The highest BCUT2D eigenvalue weighted by Gasteiger charge is 2.27. The summed E-state index contributed by atoms with van der Waals surface area (Å²) in [5.41, 5.74) is 0. The second-order valence-electron chi connectivity index (χ2n) is 4.96. The molecule has 1 aromatic rings. The van der Waals surface area contributed by atoms with Gasteiger partial charge >= 0.3 is 0 Å². The Kier molecular flexibility index (Phi) is 5.10. The number of rotatable bonds is 5. The monoisotopic (exact) mass is 283 g/mol. The van der Waals surface area contributed by atoms with E-state index in [4.69, 9.17) is 9.84 Å². The quantitative estimate of drug-likeness (QED) is 0.834. The summed E-state index contributed by atoms with van der Waals surface area (Å²) in [7, 11) is 0. The van der Waals surface area contributed by atoms with Crippen molar-refractivity contribution in [2.24, 2.45) is 0 Å². The van der Waals surface area contributed by atoms with Crippen LogP contribution in [0.5, 0.6) is 0 Å². The van der Waals surface area contributed by atoms with Gasteiger partial charge < -0.3 is 9.84 Å². The molecule has 2 atom stereocenters. The molecule has 0 aliphatic carbocycles. The standard InChI is InChI=1S/C14H21NO3S/c1-3-12-4-5-14(19-12)13(17)7-15-6-11(8-16)18-9-10(15)2/h4-5,10-11,16H,3,6-9H2,1-2H3. The Morgan fingerprint density at radius 2 is 2.37 bits per heavy atom. The van der Waals surface area contributed by atoms with Gasteiger partial charge in [0, 0.05) is 17.5 Å². The second kappa shape index (κ2) is 6.61. The van der Waals surface area contributed by atoms with Crippen LogP contribution in [0.2, 0.25) is 0 Å². The third-order valence-electron chi connectivity index (χ3n) is 3.47. The fourth-order valence-electron chi connectivity index (χ4n) is 2.19. The van der Waals surface area contributed by atoms with Crippen molar-refractivity contribution >= 4 is 17.1 Å². The van der Waals surface area contributed by atoms with Crippen molar-refractivity contribution < 1.29 is 14.6 Å². The molecule has 0 radical (unpaired) electrons. The highest BCUT2D eigenvalue weighted by molar-refractivity contribution is 7.14. The van der Waals surface area contributed by atoms with E-state index in [0.29, 0.717) is 19.7 Å². The van der Waals surface area contributed by atoms with E-state index in [9.17, 15) is 4.79 Å². The smallest absolute Gasteiger partial charge is 0.186 e. The molecule has 1 saturated heterocycles. The van der Waals surface area contributed by atoms with E-state index in [1.807, 2.05) is 19.1 Å². The first-order valence-corrected chi connectivity index (χ1v) is 7.54. The van der Waals surface area contributed by atoms with Crippen LogP contribution in [0.1, 0.15) is 28.4 Å². The van der Waals surface area contributed by atoms with Crippen LogP contribution in [0.15, 0.2) is 12.1 Å². The van der Waals surface area contributed by atoms with Gasteiger partial charge in [0.1, 0.15) is 0 Å². The number of morpholine rings is 1. The van der Waals surface area contributed by atoms with Crippen LogP contribution in [0.25, 0.3) is 0 Å². The van der Waals surface area contributed by atoms with E-state index in [2.05, 4.69) is 11.8 Å². The number of hydrogen-bond donors (Lipinski definition) is 1. The Balaban J connectivity index is 1.97. The molecule has 1 aliphatic rings. The van der Waals surface area contributed by atoms with Gasteiger partial charge in [0.25, 0.3) is 0 Å². The number of aryl methyl sites for hydroxylation is 1. The van der Waals surface area contributed by atoms with E-state index in [1.165, 1.54) is 4.88 Å². The van der Waals surface area contributed by atoms with Gasteiger partial charge in [0.2, 0.25) is 0 Å². The Hall–Kier alpha value is -0.750. The zero-order valence-corrected chi connectivity index (χ0v) is 12.3. The van der Waals surface area contributed by atoms with E-state index in [0.717, 1.165) is 11.3 Å². The van der Waals surface area contributed by atoms with Gasteiger partial charge in [0.15, 0.2) is 5.78 Å². The number of carbonyl (C=O) groups excluding carboxylic acids is 1. The van der Waals surface area contributed by atoms with Crippen LogP contribution in [0.4, 0.5) is 0 Å². The average molecular weight is 283 g/mol. The summed E-state index contributed by atoms with van der Waals surface area (Å²) in [4.78, 5) is 16.4. The summed E-state index contributed by atoms with van der Waals surface area (Å²) >= 11 is 1.58. The normalized spacial score (nSPS) is 24.6. The fraction of sp³-hybridized carbons (Fsp3) is 0.643. The Morgan fingerprint density at radius 3 is 3.00 bits per heavy atom. The molecule has 0 amide bonds. The lowest BCUT2D eigenvalue weighted by atomic mass is 10.1. The minimum Gasteiger partial charge on any atom is -0.394 e. The van der Waals surface area contributed by atoms with Crippen molar-refractivity contribution in [2.45, 2.75) is 32.4 Å². The van der Waals surface area contributed by atoms with Crippen molar-refractivity contribution in [1.82, 2.24) is 4.90 Å². The summed E-state index contributed by atoms with van der Waals surface area (Å²) < 4.78 is 5.48. The minimum atomic E-state index is -0.168. The Labute approximate surface area is 118 Å². The molecule has 1 N–H and O–H groups in total.